The van der Waals surface area contributed by atoms with Gasteiger partial charge in [-0.25, -0.2) is 0 Å². The second-order valence-electron chi connectivity index (χ2n) is 6.07. The molecule has 2 aromatic rings. The van der Waals surface area contributed by atoms with E-state index in [1.165, 1.54) is 0 Å². The zero-order chi connectivity index (χ0) is 22.5. The third-order valence-corrected chi connectivity index (χ3v) is 3.60. The minimum atomic E-state index is 0.264. The second kappa shape index (κ2) is 19.1. The first-order valence-corrected chi connectivity index (χ1v) is 10.6. The summed E-state index contributed by atoms with van der Waals surface area (Å²) in [6, 6.07) is 20.8. The van der Waals surface area contributed by atoms with Crippen molar-refractivity contribution < 1.29 is 0 Å². The summed E-state index contributed by atoms with van der Waals surface area (Å²) in [7, 11) is 0. The summed E-state index contributed by atoms with van der Waals surface area (Å²) in [4.78, 5) is 0. The third-order valence-electron chi connectivity index (χ3n) is 3.60. The van der Waals surface area contributed by atoms with E-state index in [1.807, 2.05) is 62.4 Å². The lowest BCUT2D eigenvalue weighted by Gasteiger charge is -2.12. The fourth-order valence-corrected chi connectivity index (χ4v) is 2.32. The smallest absolute Gasteiger partial charge is 0.0419 e. The first-order chi connectivity index (χ1) is 14.7. The number of para-hydroxylation sites is 2. The molecular formula is C28H38N2. The van der Waals surface area contributed by atoms with E-state index in [-0.39, 0.29) is 6.04 Å². The predicted octanol–water partition coefficient (Wildman–Crippen LogP) is 8.39. The molecule has 2 aromatic carbocycles. The quantitative estimate of drug-likeness (QED) is 0.411. The van der Waals surface area contributed by atoms with E-state index in [2.05, 4.69) is 80.1 Å². The highest BCUT2D eigenvalue weighted by Crippen LogP contribution is 2.12. The molecule has 2 heteroatoms. The average Bonchev–Trinajstić information content (AvgIpc) is 2.79. The van der Waals surface area contributed by atoms with Crippen LogP contribution in [0.5, 0.6) is 0 Å². The van der Waals surface area contributed by atoms with Crippen molar-refractivity contribution in [3.8, 4) is 0 Å². The number of hydrogen-bond acceptors (Lipinski definition) is 2. The third kappa shape index (κ3) is 13.8. The van der Waals surface area contributed by atoms with Crippen molar-refractivity contribution in [2.75, 3.05) is 10.6 Å². The molecule has 0 heterocycles. The highest BCUT2D eigenvalue weighted by molar-refractivity contribution is 5.51. The van der Waals surface area contributed by atoms with E-state index in [4.69, 9.17) is 0 Å². The van der Waals surface area contributed by atoms with Crippen LogP contribution in [0.2, 0.25) is 0 Å². The normalized spacial score (nSPS) is 11.5. The topological polar surface area (TPSA) is 24.1 Å². The molecule has 1 atom stereocenters. The average molecular weight is 403 g/mol. The van der Waals surface area contributed by atoms with Crippen LogP contribution in [-0.2, 0) is 0 Å². The number of allylic oxidation sites excluding steroid dienone is 6. The maximum atomic E-state index is 3.46. The van der Waals surface area contributed by atoms with Crippen LogP contribution >= 0.6 is 0 Å². The molecule has 0 saturated heterocycles. The van der Waals surface area contributed by atoms with Crippen molar-refractivity contribution in [3.05, 3.63) is 122 Å². The molecule has 0 amide bonds. The van der Waals surface area contributed by atoms with Crippen LogP contribution in [0.15, 0.2) is 122 Å². The molecule has 0 saturated carbocycles. The van der Waals surface area contributed by atoms with Crippen LogP contribution < -0.4 is 10.6 Å². The van der Waals surface area contributed by atoms with E-state index in [0.717, 1.165) is 23.5 Å². The first kappa shape index (κ1) is 26.7. The van der Waals surface area contributed by atoms with Crippen LogP contribution in [0.3, 0.4) is 0 Å². The van der Waals surface area contributed by atoms with E-state index in [1.54, 1.807) is 12.2 Å². The predicted molar refractivity (Wildman–Crippen MR) is 138 cm³/mol. The molecule has 0 fully saturated rings. The zero-order valence-corrected chi connectivity index (χ0v) is 19.0. The Labute approximate surface area is 184 Å². The first-order valence-electron chi connectivity index (χ1n) is 10.6. The molecule has 2 rings (SSSR count). The van der Waals surface area contributed by atoms with Gasteiger partial charge < -0.3 is 10.6 Å². The van der Waals surface area contributed by atoms with Gasteiger partial charge in [-0.05, 0) is 43.7 Å². The standard InChI is InChI=1S/C20H24N2.C6H8.C2H6/c1-3-10-18(22-20-13-8-5-9-14-20)16-15-17(2)21-19-11-6-4-7-12-19;1-3-5-6-4-2;1-2/h4-17,21-22H,3H2,1-2H3;3-6H,1-2H2;1-2H3/b16-15-,18-10+;6-5-;. The molecule has 0 aliphatic carbocycles. The molecule has 2 nitrogen and oxygen atoms in total. The summed E-state index contributed by atoms with van der Waals surface area (Å²) >= 11 is 0. The number of anilines is 2. The van der Waals surface area contributed by atoms with Gasteiger partial charge in [0, 0.05) is 23.1 Å². The fraction of sp³-hybridized carbons (Fsp3) is 0.214. The largest absolute Gasteiger partial charge is 0.379 e. The van der Waals surface area contributed by atoms with Crippen molar-refractivity contribution in [3.63, 3.8) is 0 Å². The van der Waals surface area contributed by atoms with Gasteiger partial charge in [-0.2, -0.15) is 0 Å². The van der Waals surface area contributed by atoms with Crippen molar-refractivity contribution in [2.24, 2.45) is 0 Å². The Morgan fingerprint density at radius 2 is 1.37 bits per heavy atom. The van der Waals surface area contributed by atoms with Crippen molar-refractivity contribution in [1.82, 2.24) is 0 Å². The van der Waals surface area contributed by atoms with Gasteiger partial charge in [0.05, 0.1) is 0 Å². The molecule has 30 heavy (non-hydrogen) atoms. The second-order valence-corrected chi connectivity index (χ2v) is 6.07. The van der Waals surface area contributed by atoms with Crippen molar-refractivity contribution >= 4 is 11.4 Å². The van der Waals surface area contributed by atoms with Crippen LogP contribution in [0, 0.1) is 0 Å². The minimum absolute atomic E-state index is 0.264. The lowest BCUT2D eigenvalue weighted by molar-refractivity contribution is 0.995. The molecular weight excluding hydrogens is 364 g/mol. The van der Waals surface area contributed by atoms with Gasteiger partial charge in [0.2, 0.25) is 0 Å². The molecule has 0 aromatic heterocycles. The number of benzene rings is 2. The molecule has 160 valence electrons. The van der Waals surface area contributed by atoms with Gasteiger partial charge in [0.1, 0.15) is 0 Å². The van der Waals surface area contributed by atoms with Gasteiger partial charge in [0.15, 0.2) is 0 Å². The van der Waals surface area contributed by atoms with Gasteiger partial charge >= 0.3 is 0 Å². The molecule has 2 N–H and O–H groups in total. The maximum Gasteiger partial charge on any atom is 0.0419 e. The molecule has 0 spiro atoms. The van der Waals surface area contributed by atoms with Gasteiger partial charge in [-0.15, -0.1) is 0 Å². The Bertz CT molecular complexity index is 746. The zero-order valence-electron chi connectivity index (χ0n) is 19.0. The maximum absolute atomic E-state index is 3.46. The number of hydrogen-bond donors (Lipinski definition) is 2. The van der Waals surface area contributed by atoms with Crippen LogP contribution in [-0.4, -0.2) is 6.04 Å². The van der Waals surface area contributed by atoms with Crippen LogP contribution in [0.1, 0.15) is 34.1 Å². The van der Waals surface area contributed by atoms with E-state index in [0.29, 0.717) is 0 Å². The molecule has 0 aliphatic rings. The summed E-state index contributed by atoms with van der Waals surface area (Å²) in [5, 5.41) is 6.91. The number of nitrogens with one attached hydrogen (secondary N) is 2. The summed E-state index contributed by atoms with van der Waals surface area (Å²) in [5.74, 6) is 0. The fourth-order valence-electron chi connectivity index (χ4n) is 2.32. The summed E-state index contributed by atoms with van der Waals surface area (Å²) in [6.45, 7) is 15.2. The van der Waals surface area contributed by atoms with Crippen LogP contribution in [0.4, 0.5) is 11.4 Å². The highest BCUT2D eigenvalue weighted by atomic mass is 14.9. The van der Waals surface area contributed by atoms with E-state index in [9.17, 15) is 0 Å². The van der Waals surface area contributed by atoms with E-state index >= 15 is 0 Å². The molecule has 0 bridgehead atoms. The minimum Gasteiger partial charge on any atom is -0.379 e. The van der Waals surface area contributed by atoms with Crippen LogP contribution in [0.25, 0.3) is 0 Å². The summed E-state index contributed by atoms with van der Waals surface area (Å²) in [6.07, 6.45) is 14.6. The Morgan fingerprint density at radius 3 is 1.83 bits per heavy atom. The highest BCUT2D eigenvalue weighted by Gasteiger charge is 1.98. The van der Waals surface area contributed by atoms with Gasteiger partial charge in [-0.3, -0.25) is 0 Å². The summed E-state index contributed by atoms with van der Waals surface area (Å²) < 4.78 is 0. The van der Waals surface area contributed by atoms with Gasteiger partial charge in [-0.1, -0.05) is 107 Å². The lowest BCUT2D eigenvalue weighted by atomic mass is 10.2. The Kier molecular flexibility index (Phi) is 17.0. The Hall–Kier alpha value is -3.26. The molecule has 0 aliphatic heterocycles. The van der Waals surface area contributed by atoms with Crippen molar-refractivity contribution in [2.45, 2.75) is 40.2 Å². The molecule has 1 unspecified atom stereocenters. The van der Waals surface area contributed by atoms with E-state index < -0.39 is 0 Å². The summed E-state index contributed by atoms with van der Waals surface area (Å²) in [5.41, 5.74) is 3.36. The SMILES string of the molecule is C=C/C=C\C=C.CC.CC/C=C(\C=C/C(C)Nc1ccccc1)Nc1ccccc1. The number of rotatable bonds is 9. The molecule has 0 radical (unpaired) electrons. The monoisotopic (exact) mass is 402 g/mol. The van der Waals surface area contributed by atoms with Gasteiger partial charge in [0.25, 0.3) is 0 Å². The lowest BCUT2D eigenvalue weighted by Crippen LogP contribution is -2.12. The Balaban J connectivity index is 0.000000905. The Morgan fingerprint density at radius 1 is 0.867 bits per heavy atom. The van der Waals surface area contributed by atoms with Crippen molar-refractivity contribution in [1.29, 1.82) is 0 Å².